The second kappa shape index (κ2) is 8.74. The fraction of sp³-hybridized carbons (Fsp3) is 0.222. The molecule has 0 aromatic heterocycles. The zero-order valence-corrected chi connectivity index (χ0v) is 15.4. The fourth-order valence-corrected chi connectivity index (χ4v) is 2.39. The molecule has 3 N–H and O–H groups in total. The van der Waals surface area contributed by atoms with Gasteiger partial charge in [0.15, 0.2) is 0 Å². The lowest BCUT2D eigenvalue weighted by Gasteiger charge is -2.11. The van der Waals surface area contributed by atoms with Crippen LogP contribution >= 0.6 is 23.2 Å². The molecule has 2 aromatic rings. The largest absolute Gasteiger partial charge is 0.376 e. The summed E-state index contributed by atoms with van der Waals surface area (Å²) in [4.78, 5) is 23.9. The smallest absolute Gasteiger partial charge is 0.251 e. The monoisotopic (exact) mass is 379 g/mol. The number of hydrogen-bond donors (Lipinski definition) is 3. The van der Waals surface area contributed by atoms with Gasteiger partial charge < -0.3 is 16.0 Å². The van der Waals surface area contributed by atoms with Crippen LogP contribution in [0.4, 0.5) is 11.4 Å². The standard InChI is InChI=1S/C18H19Cl2N3O2/c1-11(2)22-18(25)12-3-6-14(7-4-12)21-10-17(24)23-16-9-13(19)5-8-15(16)20/h3-9,11,21H,10H2,1-2H3,(H,22,25)(H,23,24). The van der Waals surface area contributed by atoms with E-state index in [0.29, 0.717) is 21.3 Å². The first kappa shape index (κ1) is 19.1. The van der Waals surface area contributed by atoms with Gasteiger partial charge in [0.2, 0.25) is 5.91 Å². The summed E-state index contributed by atoms with van der Waals surface area (Å²) in [6.07, 6.45) is 0. The van der Waals surface area contributed by atoms with E-state index in [4.69, 9.17) is 23.2 Å². The number of halogens is 2. The Morgan fingerprint density at radius 2 is 1.72 bits per heavy atom. The third kappa shape index (κ3) is 5.96. The summed E-state index contributed by atoms with van der Waals surface area (Å²) in [5, 5.41) is 9.40. The molecular formula is C18H19Cl2N3O2. The molecule has 0 radical (unpaired) electrons. The summed E-state index contributed by atoms with van der Waals surface area (Å²) in [5.41, 5.74) is 1.75. The molecule has 0 unspecified atom stereocenters. The molecule has 132 valence electrons. The van der Waals surface area contributed by atoms with Crippen molar-refractivity contribution >= 4 is 46.4 Å². The minimum Gasteiger partial charge on any atom is -0.376 e. The van der Waals surface area contributed by atoms with E-state index in [9.17, 15) is 9.59 Å². The van der Waals surface area contributed by atoms with Crippen LogP contribution in [0, 0.1) is 0 Å². The molecule has 0 saturated heterocycles. The Bertz CT molecular complexity index is 761. The lowest BCUT2D eigenvalue weighted by atomic mass is 10.2. The molecule has 2 aromatic carbocycles. The van der Waals surface area contributed by atoms with Gasteiger partial charge in [-0.1, -0.05) is 23.2 Å². The topological polar surface area (TPSA) is 70.2 Å². The van der Waals surface area contributed by atoms with E-state index in [0.717, 1.165) is 5.69 Å². The zero-order chi connectivity index (χ0) is 18.4. The van der Waals surface area contributed by atoms with Crippen LogP contribution in [0.25, 0.3) is 0 Å². The summed E-state index contributed by atoms with van der Waals surface area (Å²) in [6, 6.07) is 11.8. The van der Waals surface area contributed by atoms with Crippen molar-refractivity contribution in [3.8, 4) is 0 Å². The minimum atomic E-state index is -0.259. The average Bonchev–Trinajstić information content (AvgIpc) is 2.56. The molecule has 0 aliphatic carbocycles. The van der Waals surface area contributed by atoms with E-state index in [1.165, 1.54) is 0 Å². The van der Waals surface area contributed by atoms with Crippen molar-refractivity contribution in [2.24, 2.45) is 0 Å². The van der Waals surface area contributed by atoms with Crippen LogP contribution in [0.1, 0.15) is 24.2 Å². The Hall–Kier alpha value is -2.24. The molecule has 0 atom stereocenters. The Balaban J connectivity index is 1.89. The van der Waals surface area contributed by atoms with E-state index in [1.54, 1.807) is 42.5 Å². The van der Waals surface area contributed by atoms with Gasteiger partial charge in [0.25, 0.3) is 5.91 Å². The molecule has 2 rings (SSSR count). The predicted octanol–water partition coefficient (Wildman–Crippen LogP) is 4.18. The minimum absolute atomic E-state index is 0.0559. The van der Waals surface area contributed by atoms with Gasteiger partial charge in [0, 0.05) is 22.3 Å². The van der Waals surface area contributed by atoms with Crippen molar-refractivity contribution in [1.29, 1.82) is 0 Å². The lowest BCUT2D eigenvalue weighted by Crippen LogP contribution is -2.30. The highest BCUT2D eigenvalue weighted by Crippen LogP contribution is 2.25. The summed E-state index contributed by atoms with van der Waals surface area (Å²) in [7, 11) is 0. The second-order valence-corrected chi connectivity index (χ2v) is 6.58. The van der Waals surface area contributed by atoms with Crippen LogP contribution < -0.4 is 16.0 Å². The first-order chi connectivity index (χ1) is 11.8. The fourth-order valence-electron chi connectivity index (χ4n) is 2.06. The summed E-state index contributed by atoms with van der Waals surface area (Å²) in [6.45, 7) is 3.86. The molecule has 2 amide bonds. The lowest BCUT2D eigenvalue weighted by molar-refractivity contribution is -0.114. The molecule has 0 spiro atoms. The van der Waals surface area contributed by atoms with Crippen molar-refractivity contribution in [3.63, 3.8) is 0 Å². The predicted molar refractivity (Wildman–Crippen MR) is 103 cm³/mol. The van der Waals surface area contributed by atoms with Crippen LogP contribution in [0.5, 0.6) is 0 Å². The van der Waals surface area contributed by atoms with E-state index in [2.05, 4.69) is 16.0 Å². The molecule has 0 aliphatic heterocycles. The average molecular weight is 380 g/mol. The summed E-state index contributed by atoms with van der Waals surface area (Å²) in [5.74, 6) is -0.388. The quantitative estimate of drug-likeness (QED) is 0.704. The molecular weight excluding hydrogens is 361 g/mol. The maximum Gasteiger partial charge on any atom is 0.251 e. The summed E-state index contributed by atoms with van der Waals surface area (Å²) >= 11 is 11.9. The molecule has 0 aliphatic rings. The van der Waals surface area contributed by atoms with Crippen molar-refractivity contribution in [2.75, 3.05) is 17.2 Å². The van der Waals surface area contributed by atoms with Gasteiger partial charge in [-0.05, 0) is 56.3 Å². The Labute approximate surface area is 156 Å². The third-order valence-corrected chi connectivity index (χ3v) is 3.79. The highest BCUT2D eigenvalue weighted by molar-refractivity contribution is 6.35. The number of nitrogens with one attached hydrogen (secondary N) is 3. The molecule has 0 saturated carbocycles. The van der Waals surface area contributed by atoms with Gasteiger partial charge in [-0.25, -0.2) is 0 Å². The first-order valence-corrected chi connectivity index (χ1v) is 8.50. The van der Waals surface area contributed by atoms with Gasteiger partial charge >= 0.3 is 0 Å². The van der Waals surface area contributed by atoms with E-state index in [-0.39, 0.29) is 24.4 Å². The molecule has 25 heavy (non-hydrogen) atoms. The van der Waals surface area contributed by atoms with Gasteiger partial charge in [0.05, 0.1) is 17.3 Å². The highest BCUT2D eigenvalue weighted by Gasteiger charge is 2.08. The first-order valence-electron chi connectivity index (χ1n) is 7.75. The van der Waals surface area contributed by atoms with Crippen molar-refractivity contribution < 1.29 is 9.59 Å². The normalized spacial score (nSPS) is 10.4. The number of carbonyl (C=O) groups is 2. The SMILES string of the molecule is CC(C)NC(=O)c1ccc(NCC(=O)Nc2cc(Cl)ccc2Cl)cc1. The Morgan fingerprint density at radius 1 is 1.04 bits per heavy atom. The van der Waals surface area contributed by atoms with Crippen LogP contribution in [-0.4, -0.2) is 24.4 Å². The van der Waals surface area contributed by atoms with E-state index < -0.39 is 0 Å². The number of amides is 2. The van der Waals surface area contributed by atoms with Crippen molar-refractivity contribution in [2.45, 2.75) is 19.9 Å². The van der Waals surface area contributed by atoms with Gasteiger partial charge in [-0.15, -0.1) is 0 Å². The number of rotatable bonds is 6. The van der Waals surface area contributed by atoms with E-state index >= 15 is 0 Å². The number of anilines is 2. The van der Waals surface area contributed by atoms with Crippen molar-refractivity contribution in [3.05, 3.63) is 58.1 Å². The summed E-state index contributed by atoms with van der Waals surface area (Å²) < 4.78 is 0. The van der Waals surface area contributed by atoms with E-state index in [1.807, 2.05) is 13.8 Å². The molecule has 7 heteroatoms. The molecule has 0 bridgehead atoms. The van der Waals surface area contributed by atoms with Gasteiger partial charge in [-0.3, -0.25) is 9.59 Å². The van der Waals surface area contributed by atoms with Crippen LogP contribution in [0.3, 0.4) is 0 Å². The Morgan fingerprint density at radius 3 is 2.36 bits per heavy atom. The highest BCUT2D eigenvalue weighted by atomic mass is 35.5. The molecule has 5 nitrogen and oxygen atoms in total. The number of benzene rings is 2. The van der Waals surface area contributed by atoms with Gasteiger partial charge in [-0.2, -0.15) is 0 Å². The maximum absolute atomic E-state index is 12.0. The van der Waals surface area contributed by atoms with Crippen LogP contribution in [0.15, 0.2) is 42.5 Å². The second-order valence-electron chi connectivity index (χ2n) is 5.73. The maximum atomic E-state index is 12.0. The van der Waals surface area contributed by atoms with Crippen LogP contribution in [0.2, 0.25) is 10.0 Å². The number of hydrogen-bond acceptors (Lipinski definition) is 3. The molecule has 0 fully saturated rings. The number of carbonyl (C=O) groups excluding carboxylic acids is 2. The Kier molecular flexibility index (Phi) is 6.67. The zero-order valence-electron chi connectivity index (χ0n) is 13.9. The van der Waals surface area contributed by atoms with Crippen molar-refractivity contribution in [1.82, 2.24) is 5.32 Å². The van der Waals surface area contributed by atoms with Gasteiger partial charge in [0.1, 0.15) is 0 Å². The van der Waals surface area contributed by atoms with Crippen LogP contribution in [-0.2, 0) is 4.79 Å². The molecule has 0 heterocycles. The third-order valence-electron chi connectivity index (χ3n) is 3.22.